The number of aryl methyl sites for hydroxylation is 1. The van der Waals surface area contributed by atoms with Crippen molar-refractivity contribution in [3.8, 4) is 0 Å². The van der Waals surface area contributed by atoms with Gasteiger partial charge in [0.25, 0.3) is 5.69 Å². The Hall–Kier alpha value is -1.78. The summed E-state index contributed by atoms with van der Waals surface area (Å²) in [7, 11) is 0. The minimum Gasteiger partial charge on any atom is -0.299 e. The van der Waals surface area contributed by atoms with Crippen LogP contribution in [-0.4, -0.2) is 15.7 Å². The molecule has 5 nitrogen and oxygen atoms in total. The molecule has 0 bridgehead atoms. The highest BCUT2D eigenvalue weighted by Gasteiger charge is 2.19. The van der Waals surface area contributed by atoms with Gasteiger partial charge in [0.2, 0.25) is 0 Å². The number of aromatic nitrogens is 1. The van der Waals surface area contributed by atoms with Gasteiger partial charge in [-0.2, -0.15) is 0 Å². The van der Waals surface area contributed by atoms with Crippen molar-refractivity contribution in [2.24, 2.45) is 0 Å². The van der Waals surface area contributed by atoms with E-state index >= 15 is 0 Å². The highest BCUT2D eigenvalue weighted by Crippen LogP contribution is 2.23. The van der Waals surface area contributed by atoms with Crippen molar-refractivity contribution in [1.82, 2.24) is 4.98 Å². The van der Waals surface area contributed by atoms with Crippen LogP contribution in [0, 0.1) is 17.0 Å². The molecule has 5 heteroatoms. The average molecular weight is 222 g/mol. The third-order valence-corrected chi connectivity index (χ3v) is 2.56. The van der Waals surface area contributed by atoms with Crippen molar-refractivity contribution < 1.29 is 9.72 Å². The Morgan fingerprint density at radius 1 is 1.62 bits per heavy atom. The summed E-state index contributed by atoms with van der Waals surface area (Å²) in [6.07, 6.45) is 1.87. The van der Waals surface area contributed by atoms with Gasteiger partial charge in [0.05, 0.1) is 16.5 Å². The van der Waals surface area contributed by atoms with Crippen LogP contribution >= 0.6 is 0 Å². The summed E-state index contributed by atoms with van der Waals surface area (Å²) in [6, 6.07) is 1.62. The largest absolute Gasteiger partial charge is 0.299 e. The Bertz CT molecular complexity index is 429. The summed E-state index contributed by atoms with van der Waals surface area (Å²) < 4.78 is 0. The molecule has 1 unspecified atom stereocenters. The lowest BCUT2D eigenvalue weighted by Gasteiger charge is -2.10. The minimum absolute atomic E-state index is 0.0119. The van der Waals surface area contributed by atoms with E-state index in [1.165, 1.54) is 13.1 Å². The topological polar surface area (TPSA) is 73.1 Å². The van der Waals surface area contributed by atoms with Gasteiger partial charge >= 0.3 is 0 Å². The second-order valence-electron chi connectivity index (χ2n) is 3.72. The van der Waals surface area contributed by atoms with E-state index in [-0.39, 0.29) is 17.4 Å². The molecule has 0 spiro atoms. The predicted molar refractivity (Wildman–Crippen MR) is 59.3 cm³/mol. The zero-order chi connectivity index (χ0) is 12.3. The molecule has 0 fully saturated rings. The standard InChI is InChI=1S/C11H14N2O3/c1-4-9(8(3)14)10-5-7(2)11(6-12-10)13(15)16/h5-6,9H,4H2,1-3H3. The Morgan fingerprint density at radius 3 is 2.62 bits per heavy atom. The smallest absolute Gasteiger partial charge is 0.290 e. The Balaban J connectivity index is 3.14. The van der Waals surface area contributed by atoms with E-state index in [4.69, 9.17) is 0 Å². The van der Waals surface area contributed by atoms with Crippen molar-refractivity contribution in [3.63, 3.8) is 0 Å². The normalized spacial score (nSPS) is 12.2. The van der Waals surface area contributed by atoms with Crippen molar-refractivity contribution in [2.75, 3.05) is 0 Å². The maximum absolute atomic E-state index is 11.3. The van der Waals surface area contributed by atoms with Crippen molar-refractivity contribution in [3.05, 3.63) is 33.6 Å². The second kappa shape index (κ2) is 4.83. The quantitative estimate of drug-likeness (QED) is 0.579. The number of hydrogen-bond acceptors (Lipinski definition) is 4. The molecule has 1 rings (SSSR count). The van der Waals surface area contributed by atoms with Crippen molar-refractivity contribution in [2.45, 2.75) is 33.1 Å². The van der Waals surface area contributed by atoms with E-state index in [2.05, 4.69) is 4.98 Å². The molecular formula is C11H14N2O3. The number of ketones is 1. The molecule has 0 saturated carbocycles. The first-order valence-corrected chi connectivity index (χ1v) is 5.08. The summed E-state index contributed by atoms with van der Waals surface area (Å²) in [5, 5.41) is 10.6. The van der Waals surface area contributed by atoms with Gasteiger partial charge in [-0.15, -0.1) is 0 Å². The molecule has 0 aliphatic rings. The molecule has 0 N–H and O–H groups in total. The fraction of sp³-hybridized carbons (Fsp3) is 0.455. The third kappa shape index (κ3) is 2.42. The molecule has 1 aromatic heterocycles. The Kier molecular flexibility index (Phi) is 3.71. The number of pyridine rings is 1. The van der Waals surface area contributed by atoms with Crippen LogP contribution in [0.3, 0.4) is 0 Å². The fourth-order valence-electron chi connectivity index (χ4n) is 1.66. The molecule has 0 aliphatic carbocycles. The van der Waals surface area contributed by atoms with Crippen LogP contribution in [0.5, 0.6) is 0 Å². The minimum atomic E-state index is -0.471. The van der Waals surface area contributed by atoms with Crippen molar-refractivity contribution >= 4 is 11.5 Å². The first kappa shape index (κ1) is 12.3. The maximum atomic E-state index is 11.3. The lowest BCUT2D eigenvalue weighted by Crippen LogP contribution is -2.10. The van der Waals surface area contributed by atoms with Crippen molar-refractivity contribution in [1.29, 1.82) is 0 Å². The zero-order valence-corrected chi connectivity index (χ0v) is 9.56. The number of Topliss-reactive ketones (excluding diaryl/α,β-unsaturated/α-hetero) is 1. The summed E-state index contributed by atoms with van der Waals surface area (Å²) in [5.74, 6) is -0.234. The van der Waals surface area contributed by atoms with Gasteiger partial charge in [-0.05, 0) is 26.3 Å². The van der Waals surface area contributed by atoms with Gasteiger partial charge < -0.3 is 0 Å². The number of nitrogens with zero attached hydrogens (tertiary/aromatic N) is 2. The molecular weight excluding hydrogens is 208 g/mol. The SMILES string of the molecule is CCC(C(C)=O)c1cc(C)c([N+](=O)[O-])cn1. The van der Waals surface area contributed by atoms with Gasteiger partial charge in [-0.1, -0.05) is 6.92 Å². The van der Waals surface area contributed by atoms with Gasteiger partial charge in [0.15, 0.2) is 0 Å². The summed E-state index contributed by atoms with van der Waals surface area (Å²) in [4.78, 5) is 25.5. The number of nitro groups is 1. The second-order valence-corrected chi connectivity index (χ2v) is 3.72. The van der Waals surface area contributed by atoms with Crippen LogP contribution in [-0.2, 0) is 4.79 Å². The summed E-state index contributed by atoms with van der Waals surface area (Å²) in [5.41, 5.74) is 1.13. The Labute approximate surface area is 93.7 Å². The van der Waals surface area contributed by atoms with Crippen LogP contribution in [0.15, 0.2) is 12.3 Å². The van der Waals surface area contributed by atoms with Crippen LogP contribution in [0.25, 0.3) is 0 Å². The number of hydrogen-bond donors (Lipinski definition) is 0. The van der Waals surface area contributed by atoms with Crippen LogP contribution in [0.4, 0.5) is 5.69 Å². The van der Waals surface area contributed by atoms with Gasteiger partial charge in [0, 0.05) is 5.56 Å². The fourth-order valence-corrected chi connectivity index (χ4v) is 1.66. The van der Waals surface area contributed by atoms with Gasteiger partial charge in [0.1, 0.15) is 12.0 Å². The van der Waals surface area contributed by atoms with E-state index in [9.17, 15) is 14.9 Å². The maximum Gasteiger partial charge on any atom is 0.290 e. The highest BCUT2D eigenvalue weighted by molar-refractivity contribution is 5.82. The molecule has 1 heterocycles. The molecule has 86 valence electrons. The molecule has 1 aromatic rings. The van der Waals surface area contributed by atoms with Gasteiger partial charge in [-0.25, -0.2) is 0 Å². The summed E-state index contributed by atoms with van der Waals surface area (Å²) in [6.45, 7) is 5.05. The molecule has 0 radical (unpaired) electrons. The molecule has 0 aromatic carbocycles. The summed E-state index contributed by atoms with van der Waals surface area (Å²) >= 11 is 0. The van der Waals surface area contributed by atoms with Crippen LogP contribution in [0.2, 0.25) is 0 Å². The molecule has 0 aliphatic heterocycles. The number of carbonyl (C=O) groups is 1. The first-order valence-electron chi connectivity index (χ1n) is 5.08. The Morgan fingerprint density at radius 2 is 2.25 bits per heavy atom. The average Bonchev–Trinajstić information content (AvgIpc) is 2.17. The third-order valence-electron chi connectivity index (χ3n) is 2.56. The van der Waals surface area contributed by atoms with E-state index in [0.29, 0.717) is 17.7 Å². The molecule has 1 atom stereocenters. The van der Waals surface area contributed by atoms with E-state index in [1.54, 1.807) is 13.0 Å². The highest BCUT2D eigenvalue weighted by atomic mass is 16.6. The monoisotopic (exact) mass is 222 g/mol. The first-order chi connectivity index (χ1) is 7.47. The number of carbonyl (C=O) groups excluding carboxylic acids is 1. The van der Waals surface area contributed by atoms with E-state index in [1.807, 2.05) is 6.92 Å². The zero-order valence-electron chi connectivity index (χ0n) is 9.56. The number of rotatable bonds is 4. The van der Waals surface area contributed by atoms with E-state index in [0.717, 1.165) is 0 Å². The van der Waals surface area contributed by atoms with E-state index < -0.39 is 4.92 Å². The van der Waals surface area contributed by atoms with Crippen LogP contribution in [0.1, 0.15) is 37.4 Å². The predicted octanol–water partition coefficient (Wildman–Crippen LogP) is 2.38. The lowest BCUT2D eigenvalue weighted by atomic mass is 9.96. The van der Waals surface area contributed by atoms with Gasteiger partial charge in [-0.3, -0.25) is 19.9 Å². The van der Waals surface area contributed by atoms with Crippen LogP contribution < -0.4 is 0 Å². The molecule has 0 saturated heterocycles. The lowest BCUT2D eigenvalue weighted by molar-refractivity contribution is -0.385. The molecule has 16 heavy (non-hydrogen) atoms. The molecule has 0 amide bonds.